The molecule has 1 aliphatic carbocycles. The smallest absolute Gasteiger partial charge is 0.307 e. The molecule has 1 N–H and O–H groups in total. The fraction of sp³-hybridized carbons (Fsp3) is 0.929. The molecular weight excluding hydrogens is 228 g/mol. The van der Waals surface area contributed by atoms with Gasteiger partial charge in [-0.1, -0.05) is 25.7 Å². The van der Waals surface area contributed by atoms with E-state index in [9.17, 15) is 4.79 Å². The lowest BCUT2D eigenvalue weighted by atomic mass is 10.0. The van der Waals surface area contributed by atoms with E-state index in [4.69, 9.17) is 4.74 Å². The minimum absolute atomic E-state index is 0.102. The summed E-state index contributed by atoms with van der Waals surface area (Å²) in [5.74, 6) is -0.102. The topological polar surface area (TPSA) is 41.6 Å². The molecule has 1 aliphatic heterocycles. The summed E-state index contributed by atoms with van der Waals surface area (Å²) < 4.78 is 4.76. The molecule has 2 rings (SSSR count). The first-order valence-electron chi connectivity index (χ1n) is 7.34. The van der Waals surface area contributed by atoms with E-state index in [2.05, 4.69) is 10.2 Å². The van der Waals surface area contributed by atoms with Crippen LogP contribution >= 0.6 is 0 Å². The average Bonchev–Trinajstić information content (AvgIpc) is 2.68. The maximum atomic E-state index is 11.3. The van der Waals surface area contributed by atoms with Gasteiger partial charge in [-0.25, -0.2) is 0 Å². The predicted molar refractivity (Wildman–Crippen MR) is 71.5 cm³/mol. The Morgan fingerprint density at radius 2 is 2.00 bits per heavy atom. The molecule has 0 bridgehead atoms. The van der Waals surface area contributed by atoms with Crippen LogP contribution in [0.25, 0.3) is 0 Å². The number of nitrogens with zero attached hydrogens (tertiary/aromatic N) is 1. The van der Waals surface area contributed by atoms with Crippen LogP contribution in [0.3, 0.4) is 0 Å². The van der Waals surface area contributed by atoms with Crippen LogP contribution in [0.4, 0.5) is 0 Å². The van der Waals surface area contributed by atoms with Crippen molar-refractivity contribution in [3.63, 3.8) is 0 Å². The van der Waals surface area contributed by atoms with Gasteiger partial charge in [-0.3, -0.25) is 9.69 Å². The van der Waals surface area contributed by atoms with E-state index in [-0.39, 0.29) is 12.0 Å². The van der Waals surface area contributed by atoms with Crippen molar-refractivity contribution in [3.05, 3.63) is 0 Å². The number of piperazine rings is 1. The van der Waals surface area contributed by atoms with Crippen molar-refractivity contribution in [3.8, 4) is 0 Å². The van der Waals surface area contributed by atoms with Gasteiger partial charge in [0.25, 0.3) is 0 Å². The summed E-state index contributed by atoms with van der Waals surface area (Å²) in [5, 5.41) is 3.43. The van der Waals surface area contributed by atoms with E-state index >= 15 is 0 Å². The highest BCUT2D eigenvalue weighted by atomic mass is 16.5. The van der Waals surface area contributed by atoms with Crippen LogP contribution in [0.2, 0.25) is 0 Å². The Morgan fingerprint density at radius 1 is 1.28 bits per heavy atom. The number of hydrogen-bond acceptors (Lipinski definition) is 4. The molecule has 1 saturated heterocycles. The molecule has 0 aromatic rings. The summed E-state index contributed by atoms with van der Waals surface area (Å²) in [4.78, 5) is 13.9. The average molecular weight is 254 g/mol. The van der Waals surface area contributed by atoms with E-state index in [1.807, 2.05) is 0 Å². The Balaban J connectivity index is 1.83. The van der Waals surface area contributed by atoms with Gasteiger partial charge in [-0.2, -0.15) is 0 Å². The number of carbonyl (C=O) groups is 1. The Hall–Kier alpha value is -0.610. The van der Waals surface area contributed by atoms with E-state index in [1.54, 1.807) is 0 Å². The van der Waals surface area contributed by atoms with Crippen LogP contribution in [0, 0.1) is 0 Å². The number of ether oxygens (including phenoxy) is 1. The van der Waals surface area contributed by atoms with E-state index in [0.29, 0.717) is 6.42 Å². The first-order chi connectivity index (χ1) is 8.79. The minimum atomic E-state index is -0.102. The Labute approximate surface area is 110 Å². The number of rotatable bonds is 3. The molecule has 18 heavy (non-hydrogen) atoms. The fourth-order valence-electron chi connectivity index (χ4n) is 3.23. The molecule has 1 heterocycles. The Bertz CT molecular complexity index is 263. The van der Waals surface area contributed by atoms with Crippen molar-refractivity contribution in [1.82, 2.24) is 10.2 Å². The van der Waals surface area contributed by atoms with E-state index in [0.717, 1.165) is 25.7 Å². The highest BCUT2D eigenvalue weighted by Gasteiger charge is 2.27. The third kappa shape index (κ3) is 3.95. The molecule has 0 amide bonds. The zero-order chi connectivity index (χ0) is 12.8. The highest BCUT2D eigenvalue weighted by molar-refractivity contribution is 5.69. The second-order valence-corrected chi connectivity index (χ2v) is 5.57. The number of nitrogens with one attached hydrogen (secondary N) is 1. The van der Waals surface area contributed by atoms with Gasteiger partial charge in [0, 0.05) is 31.7 Å². The van der Waals surface area contributed by atoms with Crippen molar-refractivity contribution in [2.24, 2.45) is 0 Å². The van der Waals surface area contributed by atoms with Crippen LogP contribution in [0.1, 0.15) is 44.9 Å². The second-order valence-electron chi connectivity index (χ2n) is 5.57. The van der Waals surface area contributed by atoms with E-state index < -0.39 is 0 Å². The zero-order valence-electron chi connectivity index (χ0n) is 11.5. The van der Waals surface area contributed by atoms with Gasteiger partial charge in [0.2, 0.25) is 0 Å². The molecule has 0 spiro atoms. The van der Waals surface area contributed by atoms with Crippen molar-refractivity contribution in [2.45, 2.75) is 57.0 Å². The van der Waals surface area contributed by atoms with Gasteiger partial charge >= 0.3 is 5.97 Å². The molecule has 104 valence electrons. The van der Waals surface area contributed by atoms with Crippen molar-refractivity contribution < 1.29 is 9.53 Å². The molecule has 0 aromatic carbocycles. The van der Waals surface area contributed by atoms with Gasteiger partial charge < -0.3 is 10.1 Å². The molecule has 0 aromatic heterocycles. The monoisotopic (exact) mass is 254 g/mol. The standard InChI is InChI=1S/C14H26N2O2/c1-18-14(17)10-12-11-16(9-8-15-12)13-6-4-2-3-5-7-13/h12-13,15H,2-11H2,1H3. The number of carbonyl (C=O) groups excluding carboxylic acids is 1. The van der Waals surface area contributed by atoms with Crippen LogP contribution in [0.15, 0.2) is 0 Å². The van der Waals surface area contributed by atoms with Gasteiger partial charge in [-0.15, -0.1) is 0 Å². The number of esters is 1. The molecule has 4 nitrogen and oxygen atoms in total. The zero-order valence-corrected chi connectivity index (χ0v) is 11.5. The third-order valence-electron chi connectivity index (χ3n) is 4.27. The quantitative estimate of drug-likeness (QED) is 0.613. The lowest BCUT2D eigenvalue weighted by Gasteiger charge is -2.38. The third-order valence-corrected chi connectivity index (χ3v) is 4.27. The van der Waals surface area contributed by atoms with Gasteiger partial charge in [0.1, 0.15) is 0 Å². The molecule has 1 saturated carbocycles. The minimum Gasteiger partial charge on any atom is -0.469 e. The molecular formula is C14H26N2O2. The van der Waals surface area contributed by atoms with E-state index in [1.165, 1.54) is 45.6 Å². The molecule has 0 radical (unpaired) electrons. The number of methoxy groups -OCH3 is 1. The first kappa shape index (κ1) is 13.8. The summed E-state index contributed by atoms with van der Waals surface area (Å²) in [6.07, 6.45) is 8.71. The van der Waals surface area contributed by atoms with Gasteiger partial charge in [0.05, 0.1) is 13.5 Å². The van der Waals surface area contributed by atoms with Crippen LogP contribution in [-0.4, -0.2) is 49.7 Å². The first-order valence-corrected chi connectivity index (χ1v) is 7.34. The van der Waals surface area contributed by atoms with Crippen LogP contribution in [0.5, 0.6) is 0 Å². The molecule has 2 fully saturated rings. The largest absolute Gasteiger partial charge is 0.469 e. The summed E-state index contributed by atoms with van der Waals surface area (Å²) >= 11 is 0. The normalized spacial score (nSPS) is 27.7. The summed E-state index contributed by atoms with van der Waals surface area (Å²) in [6.45, 7) is 3.13. The Morgan fingerprint density at radius 3 is 2.67 bits per heavy atom. The lowest BCUT2D eigenvalue weighted by Crippen LogP contribution is -2.54. The van der Waals surface area contributed by atoms with Crippen LogP contribution < -0.4 is 5.32 Å². The highest BCUT2D eigenvalue weighted by Crippen LogP contribution is 2.23. The van der Waals surface area contributed by atoms with Crippen molar-refractivity contribution >= 4 is 5.97 Å². The predicted octanol–water partition coefficient (Wildman–Crippen LogP) is 1.55. The maximum absolute atomic E-state index is 11.3. The van der Waals surface area contributed by atoms with Gasteiger partial charge in [0.15, 0.2) is 0 Å². The SMILES string of the molecule is COC(=O)CC1CN(C2CCCCCC2)CCN1. The summed E-state index contributed by atoms with van der Waals surface area (Å²) in [5.41, 5.74) is 0. The second kappa shape index (κ2) is 7.10. The lowest BCUT2D eigenvalue weighted by molar-refractivity contribution is -0.141. The molecule has 4 heteroatoms. The molecule has 2 aliphatic rings. The summed E-state index contributed by atoms with van der Waals surface area (Å²) in [7, 11) is 1.47. The van der Waals surface area contributed by atoms with Crippen molar-refractivity contribution in [2.75, 3.05) is 26.7 Å². The molecule has 1 atom stereocenters. The molecule has 1 unspecified atom stereocenters. The maximum Gasteiger partial charge on any atom is 0.307 e. The fourth-order valence-corrected chi connectivity index (χ4v) is 3.23. The summed E-state index contributed by atoms with van der Waals surface area (Å²) in [6, 6.07) is 1.02. The van der Waals surface area contributed by atoms with Crippen LogP contribution in [-0.2, 0) is 9.53 Å². The van der Waals surface area contributed by atoms with Crippen molar-refractivity contribution in [1.29, 1.82) is 0 Å². The van der Waals surface area contributed by atoms with Gasteiger partial charge in [-0.05, 0) is 12.8 Å². The number of hydrogen-bond donors (Lipinski definition) is 1. The Kier molecular flexibility index (Phi) is 5.45.